The van der Waals surface area contributed by atoms with Gasteiger partial charge in [-0.05, 0) is 37.3 Å². The lowest BCUT2D eigenvalue weighted by Gasteiger charge is -2.13. The Bertz CT molecular complexity index is 1200. The molecule has 3 amide bonds. The number of benzene rings is 2. The van der Waals surface area contributed by atoms with Gasteiger partial charge >= 0.3 is 12.0 Å². The van der Waals surface area contributed by atoms with Gasteiger partial charge in [0.2, 0.25) is 0 Å². The Morgan fingerprint density at radius 1 is 1.00 bits per heavy atom. The summed E-state index contributed by atoms with van der Waals surface area (Å²) in [6.07, 6.45) is 2.86. The third kappa shape index (κ3) is 6.35. The third-order valence-electron chi connectivity index (χ3n) is 4.06. The van der Waals surface area contributed by atoms with Crippen molar-refractivity contribution >= 4 is 58.4 Å². The van der Waals surface area contributed by atoms with Crippen LogP contribution < -0.4 is 15.4 Å². The van der Waals surface area contributed by atoms with E-state index in [1.165, 1.54) is 48.8 Å². The number of aromatic nitrogens is 1. The highest BCUT2D eigenvalue weighted by Crippen LogP contribution is 2.30. The van der Waals surface area contributed by atoms with Crippen molar-refractivity contribution in [1.29, 1.82) is 0 Å². The molecule has 0 aliphatic carbocycles. The van der Waals surface area contributed by atoms with Crippen LogP contribution in [0, 0.1) is 0 Å². The zero-order chi connectivity index (χ0) is 24.0. The van der Waals surface area contributed by atoms with E-state index in [0.29, 0.717) is 10.8 Å². The zero-order valence-corrected chi connectivity index (χ0v) is 19.3. The number of amides is 3. The quantitative estimate of drug-likeness (QED) is 0.397. The predicted octanol–water partition coefficient (Wildman–Crippen LogP) is 5.97. The van der Waals surface area contributed by atoms with Gasteiger partial charge in [-0.15, -0.1) is 0 Å². The Morgan fingerprint density at radius 2 is 1.73 bits per heavy atom. The van der Waals surface area contributed by atoms with Crippen LogP contribution in [0.2, 0.25) is 15.1 Å². The molecule has 0 spiro atoms. The largest absolute Gasteiger partial charge is 0.462 e. The number of esters is 1. The SMILES string of the molecule is CCOC(=O)c1cc(NC(=O)NC(=O)c2c(Cl)cccc2Cl)ccc1Oc1cncc(Cl)c1. The summed E-state index contributed by atoms with van der Waals surface area (Å²) in [5.41, 5.74) is 0.197. The van der Waals surface area contributed by atoms with Gasteiger partial charge in [0, 0.05) is 18.0 Å². The van der Waals surface area contributed by atoms with Crippen LogP contribution in [0.1, 0.15) is 27.6 Å². The molecule has 1 aromatic heterocycles. The molecule has 1 heterocycles. The molecule has 0 unspecified atom stereocenters. The molecule has 33 heavy (non-hydrogen) atoms. The number of rotatable bonds is 6. The van der Waals surface area contributed by atoms with Crippen molar-refractivity contribution in [1.82, 2.24) is 10.3 Å². The number of ether oxygens (including phenoxy) is 2. The zero-order valence-electron chi connectivity index (χ0n) is 17.0. The molecule has 0 atom stereocenters. The van der Waals surface area contributed by atoms with Crippen molar-refractivity contribution in [3.05, 3.63) is 81.1 Å². The second kappa shape index (κ2) is 11.0. The Kier molecular flexibility index (Phi) is 8.11. The molecule has 0 aliphatic heterocycles. The monoisotopic (exact) mass is 507 g/mol. The Morgan fingerprint density at radius 3 is 2.39 bits per heavy atom. The first-order valence-corrected chi connectivity index (χ1v) is 10.6. The number of imide groups is 1. The lowest BCUT2D eigenvalue weighted by Crippen LogP contribution is -2.34. The lowest BCUT2D eigenvalue weighted by molar-refractivity contribution is 0.0523. The van der Waals surface area contributed by atoms with Crippen molar-refractivity contribution in [2.75, 3.05) is 11.9 Å². The first kappa shape index (κ1) is 24.3. The number of hydrogen-bond acceptors (Lipinski definition) is 6. The van der Waals surface area contributed by atoms with Crippen LogP contribution in [0.15, 0.2) is 54.9 Å². The molecule has 2 aromatic carbocycles. The summed E-state index contributed by atoms with van der Waals surface area (Å²) in [7, 11) is 0. The molecule has 3 aromatic rings. The number of halogens is 3. The normalized spacial score (nSPS) is 10.3. The summed E-state index contributed by atoms with van der Waals surface area (Å²) >= 11 is 17.9. The fourth-order valence-electron chi connectivity index (χ4n) is 2.68. The third-order valence-corrected chi connectivity index (χ3v) is 4.89. The van der Waals surface area contributed by atoms with Crippen LogP contribution >= 0.6 is 34.8 Å². The maximum absolute atomic E-state index is 12.4. The summed E-state index contributed by atoms with van der Waals surface area (Å²) in [5, 5.41) is 5.13. The molecule has 11 heteroatoms. The van der Waals surface area contributed by atoms with Gasteiger partial charge in [0.05, 0.1) is 33.4 Å². The second-order valence-electron chi connectivity index (χ2n) is 6.38. The van der Waals surface area contributed by atoms with E-state index in [-0.39, 0.29) is 39.2 Å². The standard InChI is InChI=1S/C22H16Cl3N3O5/c1-2-32-21(30)15-9-13(6-7-18(15)33-14-8-12(23)10-26-11-14)27-22(31)28-20(29)19-16(24)4-3-5-17(19)25/h3-11H,2H2,1H3,(H2,27,28,29,31). The molecule has 0 saturated carbocycles. The molecule has 2 N–H and O–H groups in total. The summed E-state index contributed by atoms with van der Waals surface area (Å²) < 4.78 is 10.8. The average Bonchev–Trinajstić information content (AvgIpc) is 2.74. The molecule has 0 fully saturated rings. The number of hydrogen-bond donors (Lipinski definition) is 2. The number of pyridine rings is 1. The summed E-state index contributed by atoms with van der Waals surface area (Å²) in [6.45, 7) is 1.78. The molecule has 3 rings (SSSR count). The highest BCUT2D eigenvalue weighted by molar-refractivity contribution is 6.40. The minimum Gasteiger partial charge on any atom is -0.462 e. The predicted molar refractivity (Wildman–Crippen MR) is 125 cm³/mol. The fraction of sp³-hybridized carbons (Fsp3) is 0.0909. The van der Waals surface area contributed by atoms with Crippen molar-refractivity contribution in [2.45, 2.75) is 6.92 Å². The van der Waals surface area contributed by atoms with Gasteiger partial charge < -0.3 is 14.8 Å². The Hall–Kier alpha value is -3.33. The first-order valence-electron chi connectivity index (χ1n) is 9.44. The van der Waals surface area contributed by atoms with Gasteiger partial charge in [0.1, 0.15) is 17.1 Å². The number of carbonyl (C=O) groups excluding carboxylic acids is 3. The minimum absolute atomic E-state index is 0.0371. The Labute approximate surface area is 203 Å². The van der Waals surface area contributed by atoms with Crippen LogP contribution in [0.3, 0.4) is 0 Å². The molecule has 0 bridgehead atoms. The number of nitrogens with one attached hydrogen (secondary N) is 2. The lowest BCUT2D eigenvalue weighted by atomic mass is 10.1. The maximum atomic E-state index is 12.4. The van der Waals surface area contributed by atoms with Crippen LogP contribution in [-0.4, -0.2) is 29.5 Å². The number of carbonyl (C=O) groups is 3. The molecule has 8 nitrogen and oxygen atoms in total. The number of anilines is 1. The van der Waals surface area contributed by atoms with Crippen LogP contribution in [0.4, 0.5) is 10.5 Å². The molecule has 0 aliphatic rings. The first-order chi connectivity index (χ1) is 15.8. The van der Waals surface area contributed by atoms with Crippen LogP contribution in [0.5, 0.6) is 11.5 Å². The molecule has 0 radical (unpaired) electrons. The van der Waals surface area contributed by atoms with Gasteiger partial charge in [0.15, 0.2) is 0 Å². The van der Waals surface area contributed by atoms with E-state index in [9.17, 15) is 14.4 Å². The van der Waals surface area contributed by atoms with E-state index in [0.717, 1.165) is 0 Å². The van der Waals surface area contributed by atoms with Crippen LogP contribution in [0.25, 0.3) is 0 Å². The second-order valence-corrected chi connectivity index (χ2v) is 7.63. The van der Waals surface area contributed by atoms with Crippen molar-refractivity contribution in [3.63, 3.8) is 0 Å². The van der Waals surface area contributed by atoms with E-state index in [1.54, 1.807) is 13.0 Å². The smallest absolute Gasteiger partial charge is 0.342 e. The summed E-state index contributed by atoms with van der Waals surface area (Å²) in [6, 6.07) is 9.45. The minimum atomic E-state index is -0.862. The van der Waals surface area contributed by atoms with Crippen molar-refractivity contribution in [2.24, 2.45) is 0 Å². The van der Waals surface area contributed by atoms with E-state index >= 15 is 0 Å². The molecular weight excluding hydrogens is 493 g/mol. The summed E-state index contributed by atoms with van der Waals surface area (Å²) in [4.78, 5) is 41.1. The van der Waals surface area contributed by atoms with Crippen molar-refractivity contribution in [3.8, 4) is 11.5 Å². The number of urea groups is 1. The van der Waals surface area contributed by atoms with Crippen molar-refractivity contribution < 1.29 is 23.9 Å². The maximum Gasteiger partial charge on any atom is 0.342 e. The fourth-order valence-corrected chi connectivity index (χ4v) is 3.42. The van der Waals surface area contributed by atoms with Crippen LogP contribution in [-0.2, 0) is 4.74 Å². The van der Waals surface area contributed by atoms with E-state index in [4.69, 9.17) is 44.3 Å². The molecule has 0 saturated heterocycles. The van der Waals surface area contributed by atoms with Gasteiger partial charge in [0.25, 0.3) is 5.91 Å². The van der Waals surface area contributed by atoms with Gasteiger partial charge in [-0.3, -0.25) is 15.1 Å². The van der Waals surface area contributed by atoms with Gasteiger partial charge in [-0.25, -0.2) is 9.59 Å². The van der Waals surface area contributed by atoms with Gasteiger partial charge in [-0.2, -0.15) is 0 Å². The van der Waals surface area contributed by atoms with E-state index < -0.39 is 17.9 Å². The van der Waals surface area contributed by atoms with E-state index in [1.807, 2.05) is 0 Å². The Balaban J connectivity index is 1.80. The highest BCUT2D eigenvalue weighted by Gasteiger charge is 2.19. The summed E-state index contributed by atoms with van der Waals surface area (Å²) in [5.74, 6) is -1.01. The topological polar surface area (TPSA) is 107 Å². The van der Waals surface area contributed by atoms with Gasteiger partial charge in [-0.1, -0.05) is 40.9 Å². The highest BCUT2D eigenvalue weighted by atomic mass is 35.5. The van der Waals surface area contributed by atoms with E-state index in [2.05, 4.69) is 15.6 Å². The number of nitrogens with zero attached hydrogens (tertiary/aromatic N) is 1. The molecular formula is C22H16Cl3N3O5. The molecule has 170 valence electrons. The average molecular weight is 509 g/mol.